The van der Waals surface area contributed by atoms with Crippen molar-refractivity contribution in [1.29, 1.82) is 0 Å². The van der Waals surface area contributed by atoms with Crippen molar-refractivity contribution in [3.63, 3.8) is 0 Å². The zero-order chi connectivity index (χ0) is 11.7. The van der Waals surface area contributed by atoms with Crippen molar-refractivity contribution in [3.8, 4) is 5.75 Å². The standard InChI is InChI=1S/C11H11NO4/c1-15-8-4-3-7-6(5-9(13)12-7)10(8)11(14)16-2/h3-4H,5H2,1-2H3,(H,12,13). The van der Waals surface area contributed by atoms with Gasteiger partial charge in [0.2, 0.25) is 5.91 Å². The highest BCUT2D eigenvalue weighted by atomic mass is 16.5. The third-order valence-corrected chi connectivity index (χ3v) is 2.50. The summed E-state index contributed by atoms with van der Waals surface area (Å²) in [5.41, 5.74) is 1.60. The molecule has 1 aromatic carbocycles. The van der Waals surface area contributed by atoms with E-state index in [1.165, 1.54) is 14.2 Å². The number of methoxy groups -OCH3 is 2. The van der Waals surface area contributed by atoms with Crippen molar-refractivity contribution in [2.24, 2.45) is 0 Å². The summed E-state index contributed by atoms with van der Waals surface area (Å²) in [5.74, 6) is -0.208. The smallest absolute Gasteiger partial charge is 0.342 e. The summed E-state index contributed by atoms with van der Waals surface area (Å²) in [6, 6.07) is 3.35. The molecule has 5 heteroatoms. The van der Waals surface area contributed by atoms with E-state index in [4.69, 9.17) is 4.74 Å². The van der Waals surface area contributed by atoms with E-state index < -0.39 is 5.97 Å². The lowest BCUT2D eigenvalue weighted by Crippen LogP contribution is -2.08. The Morgan fingerprint density at radius 3 is 2.75 bits per heavy atom. The van der Waals surface area contributed by atoms with Crippen molar-refractivity contribution < 1.29 is 19.1 Å². The molecule has 0 saturated heterocycles. The third kappa shape index (κ3) is 1.50. The summed E-state index contributed by atoms with van der Waals surface area (Å²) >= 11 is 0. The van der Waals surface area contributed by atoms with E-state index in [0.717, 1.165) is 0 Å². The van der Waals surface area contributed by atoms with Gasteiger partial charge in [-0.25, -0.2) is 4.79 Å². The first-order valence-electron chi connectivity index (χ1n) is 4.75. The average Bonchev–Trinajstić information content (AvgIpc) is 2.66. The largest absolute Gasteiger partial charge is 0.496 e. The van der Waals surface area contributed by atoms with Gasteiger partial charge in [0, 0.05) is 11.3 Å². The van der Waals surface area contributed by atoms with Crippen molar-refractivity contribution in [2.45, 2.75) is 6.42 Å². The first kappa shape index (κ1) is 10.5. The van der Waals surface area contributed by atoms with Crippen molar-refractivity contribution in [2.75, 3.05) is 19.5 Å². The highest BCUT2D eigenvalue weighted by molar-refractivity contribution is 6.05. The maximum Gasteiger partial charge on any atom is 0.342 e. The molecule has 0 aromatic heterocycles. The van der Waals surface area contributed by atoms with E-state index in [-0.39, 0.29) is 12.3 Å². The van der Waals surface area contributed by atoms with Crippen molar-refractivity contribution >= 4 is 17.6 Å². The number of amides is 1. The molecule has 5 nitrogen and oxygen atoms in total. The molecular weight excluding hydrogens is 210 g/mol. The van der Waals surface area contributed by atoms with Gasteiger partial charge in [-0.15, -0.1) is 0 Å². The van der Waals surface area contributed by atoms with Crippen molar-refractivity contribution in [1.82, 2.24) is 0 Å². The molecule has 1 aromatic rings. The van der Waals surface area contributed by atoms with Crippen molar-refractivity contribution in [3.05, 3.63) is 23.3 Å². The Hall–Kier alpha value is -2.04. The van der Waals surface area contributed by atoms with E-state index in [1.54, 1.807) is 12.1 Å². The minimum atomic E-state index is -0.495. The molecule has 1 amide bonds. The Labute approximate surface area is 92.4 Å². The van der Waals surface area contributed by atoms with E-state index in [1.807, 2.05) is 0 Å². The molecule has 2 rings (SSSR count). The number of carbonyl (C=O) groups is 2. The molecule has 0 atom stereocenters. The second-order valence-corrected chi connectivity index (χ2v) is 3.39. The minimum absolute atomic E-state index is 0.131. The van der Waals surface area contributed by atoms with Crippen LogP contribution in [-0.2, 0) is 16.0 Å². The number of hydrogen-bond acceptors (Lipinski definition) is 4. The van der Waals surface area contributed by atoms with Gasteiger partial charge in [0.05, 0.1) is 20.6 Å². The molecular formula is C11H11NO4. The van der Waals surface area contributed by atoms with Crippen LogP contribution in [-0.4, -0.2) is 26.1 Å². The van der Waals surface area contributed by atoms with Gasteiger partial charge in [-0.05, 0) is 12.1 Å². The summed E-state index contributed by atoms with van der Waals surface area (Å²) < 4.78 is 9.77. The van der Waals surface area contributed by atoms with Gasteiger partial charge in [-0.3, -0.25) is 4.79 Å². The van der Waals surface area contributed by atoms with Crippen LogP contribution >= 0.6 is 0 Å². The Bertz CT molecular complexity index is 467. The number of esters is 1. The Kier molecular flexibility index (Phi) is 2.52. The van der Waals surface area contributed by atoms with Gasteiger partial charge >= 0.3 is 5.97 Å². The van der Waals surface area contributed by atoms with E-state index in [0.29, 0.717) is 22.6 Å². The number of ether oxygens (including phenoxy) is 2. The molecule has 0 spiro atoms. The number of carbonyl (C=O) groups excluding carboxylic acids is 2. The van der Waals surface area contributed by atoms with Crippen LogP contribution in [0.4, 0.5) is 5.69 Å². The summed E-state index contributed by atoms with van der Waals surface area (Å²) in [4.78, 5) is 22.9. The van der Waals surface area contributed by atoms with Gasteiger partial charge in [0.15, 0.2) is 0 Å². The zero-order valence-electron chi connectivity index (χ0n) is 8.99. The number of anilines is 1. The van der Waals surface area contributed by atoms with E-state index >= 15 is 0 Å². The number of rotatable bonds is 2. The van der Waals surface area contributed by atoms with Gasteiger partial charge < -0.3 is 14.8 Å². The highest BCUT2D eigenvalue weighted by Crippen LogP contribution is 2.33. The molecule has 1 heterocycles. The quantitative estimate of drug-likeness (QED) is 0.756. The fraction of sp³-hybridized carbons (Fsp3) is 0.273. The van der Waals surface area contributed by atoms with Crippen LogP contribution < -0.4 is 10.1 Å². The molecule has 0 bridgehead atoms. The first-order valence-corrected chi connectivity index (χ1v) is 4.75. The highest BCUT2D eigenvalue weighted by Gasteiger charge is 2.27. The first-order chi connectivity index (χ1) is 7.67. The fourth-order valence-electron chi connectivity index (χ4n) is 1.78. The zero-order valence-corrected chi connectivity index (χ0v) is 8.99. The summed E-state index contributed by atoms with van der Waals surface area (Å²) in [7, 11) is 2.77. The number of fused-ring (bicyclic) bond motifs is 1. The molecule has 0 fully saturated rings. The van der Waals surface area contributed by atoms with Gasteiger partial charge in [-0.2, -0.15) is 0 Å². The SMILES string of the molecule is COC(=O)c1c(OC)ccc2c1CC(=O)N2. The fourth-order valence-corrected chi connectivity index (χ4v) is 1.78. The lowest BCUT2D eigenvalue weighted by molar-refractivity contribution is -0.115. The number of benzene rings is 1. The molecule has 1 aliphatic heterocycles. The lowest BCUT2D eigenvalue weighted by Gasteiger charge is -2.10. The molecule has 0 unspecified atom stereocenters. The van der Waals surface area contributed by atoms with Gasteiger partial charge in [0.25, 0.3) is 0 Å². The topological polar surface area (TPSA) is 64.6 Å². The van der Waals surface area contributed by atoms with Crippen LogP contribution in [0.25, 0.3) is 0 Å². The maximum absolute atomic E-state index is 11.6. The van der Waals surface area contributed by atoms with Crippen LogP contribution in [0.5, 0.6) is 5.75 Å². The van der Waals surface area contributed by atoms with Crippen LogP contribution in [0.15, 0.2) is 12.1 Å². The van der Waals surface area contributed by atoms with Gasteiger partial charge in [0.1, 0.15) is 11.3 Å². The lowest BCUT2D eigenvalue weighted by atomic mass is 10.0. The second kappa shape index (κ2) is 3.84. The molecule has 1 N–H and O–H groups in total. The Balaban J connectivity index is 2.59. The van der Waals surface area contributed by atoms with Gasteiger partial charge in [-0.1, -0.05) is 0 Å². The summed E-state index contributed by atoms with van der Waals surface area (Å²) in [5, 5.41) is 2.67. The predicted octanol–water partition coefficient (Wildman–Crippen LogP) is 0.976. The molecule has 16 heavy (non-hydrogen) atoms. The van der Waals surface area contributed by atoms with Crippen LogP contribution in [0.3, 0.4) is 0 Å². The number of nitrogens with one attached hydrogen (secondary N) is 1. The third-order valence-electron chi connectivity index (χ3n) is 2.50. The normalized spacial score (nSPS) is 13.0. The van der Waals surface area contributed by atoms with Crippen LogP contribution in [0.1, 0.15) is 15.9 Å². The summed E-state index contributed by atoms with van der Waals surface area (Å²) in [6.07, 6.45) is 0.178. The van der Waals surface area contributed by atoms with Crippen LogP contribution in [0.2, 0.25) is 0 Å². The Morgan fingerprint density at radius 1 is 1.38 bits per heavy atom. The molecule has 0 aliphatic carbocycles. The summed E-state index contributed by atoms with van der Waals surface area (Å²) in [6.45, 7) is 0. The minimum Gasteiger partial charge on any atom is -0.496 e. The monoisotopic (exact) mass is 221 g/mol. The second-order valence-electron chi connectivity index (χ2n) is 3.39. The molecule has 0 saturated carbocycles. The molecule has 0 radical (unpaired) electrons. The Morgan fingerprint density at radius 2 is 2.12 bits per heavy atom. The molecule has 1 aliphatic rings. The average molecular weight is 221 g/mol. The van der Waals surface area contributed by atoms with Crippen LogP contribution in [0, 0.1) is 0 Å². The predicted molar refractivity (Wildman–Crippen MR) is 56.7 cm³/mol. The number of hydrogen-bond donors (Lipinski definition) is 1. The van der Waals surface area contributed by atoms with E-state index in [2.05, 4.69) is 10.1 Å². The van der Waals surface area contributed by atoms with E-state index in [9.17, 15) is 9.59 Å². The maximum atomic E-state index is 11.6. The molecule has 84 valence electrons.